The van der Waals surface area contributed by atoms with E-state index in [9.17, 15) is 4.79 Å². The number of pyridine rings is 1. The molecule has 0 bridgehead atoms. The van der Waals surface area contributed by atoms with Gasteiger partial charge in [0.2, 0.25) is 0 Å². The predicted octanol–water partition coefficient (Wildman–Crippen LogP) is 3.91. The molecule has 0 fully saturated rings. The second-order valence-corrected chi connectivity index (χ2v) is 5.24. The van der Waals surface area contributed by atoms with Crippen molar-refractivity contribution >= 4 is 11.8 Å². The van der Waals surface area contributed by atoms with E-state index in [1.165, 1.54) is 0 Å². The largest absolute Gasteiger partial charge is 0.448 e. The molecule has 1 aromatic carbocycles. The molecule has 4 nitrogen and oxygen atoms in total. The van der Waals surface area contributed by atoms with Gasteiger partial charge in [-0.15, -0.1) is 0 Å². The summed E-state index contributed by atoms with van der Waals surface area (Å²) in [6, 6.07) is 13.5. The zero-order valence-corrected chi connectivity index (χ0v) is 12.9. The van der Waals surface area contributed by atoms with Gasteiger partial charge in [0.25, 0.3) is 0 Å². The fourth-order valence-corrected chi connectivity index (χ4v) is 2.07. The van der Waals surface area contributed by atoms with Crippen molar-refractivity contribution in [2.75, 3.05) is 6.61 Å². The van der Waals surface area contributed by atoms with E-state index < -0.39 is 6.09 Å². The van der Waals surface area contributed by atoms with Crippen LogP contribution in [0.1, 0.15) is 25.0 Å². The maximum Gasteiger partial charge on any atom is 0.433 e. The standard InChI is InChI=1S/C18H20N2O2/c1-14(2)17(16-6-4-3-5-7-16)20-18(21)22-13-10-15-8-11-19-12-9-15/h3-9,11-12,14H,10,13H2,1-2H3/b20-17-. The first kappa shape index (κ1) is 15.9. The molecular weight excluding hydrogens is 276 g/mol. The Labute approximate surface area is 130 Å². The highest BCUT2D eigenvalue weighted by molar-refractivity contribution is 6.06. The van der Waals surface area contributed by atoms with Crippen LogP contribution in [0.3, 0.4) is 0 Å². The maximum atomic E-state index is 11.9. The molecule has 2 aromatic rings. The molecule has 0 saturated carbocycles. The monoisotopic (exact) mass is 296 g/mol. The number of amides is 1. The second-order valence-electron chi connectivity index (χ2n) is 5.24. The molecule has 1 aromatic heterocycles. The highest BCUT2D eigenvalue weighted by Gasteiger charge is 2.11. The molecule has 0 radical (unpaired) electrons. The normalized spacial score (nSPS) is 11.5. The molecule has 22 heavy (non-hydrogen) atoms. The van der Waals surface area contributed by atoms with Crippen LogP contribution in [0.15, 0.2) is 59.9 Å². The van der Waals surface area contributed by atoms with Crippen LogP contribution in [-0.2, 0) is 11.2 Å². The third-order valence-corrected chi connectivity index (χ3v) is 3.19. The number of carbonyl (C=O) groups is 1. The number of benzene rings is 1. The van der Waals surface area contributed by atoms with Gasteiger partial charge in [0.1, 0.15) is 0 Å². The van der Waals surface area contributed by atoms with Gasteiger partial charge < -0.3 is 4.74 Å². The average molecular weight is 296 g/mol. The fourth-order valence-electron chi connectivity index (χ4n) is 2.07. The number of rotatable bonds is 5. The molecule has 0 saturated heterocycles. The van der Waals surface area contributed by atoms with Gasteiger partial charge in [0.05, 0.1) is 12.3 Å². The molecule has 1 heterocycles. The SMILES string of the molecule is CC(C)/C(=N/C(=O)OCCc1ccncc1)c1ccccc1. The zero-order chi connectivity index (χ0) is 15.8. The van der Waals surface area contributed by atoms with Crippen molar-refractivity contribution in [1.82, 2.24) is 4.98 Å². The van der Waals surface area contributed by atoms with Gasteiger partial charge in [-0.3, -0.25) is 4.98 Å². The minimum Gasteiger partial charge on any atom is -0.448 e. The first-order chi connectivity index (χ1) is 10.7. The Hall–Kier alpha value is -2.49. The highest BCUT2D eigenvalue weighted by atomic mass is 16.5. The van der Waals surface area contributed by atoms with E-state index in [0.29, 0.717) is 13.0 Å². The van der Waals surface area contributed by atoms with Crippen LogP contribution in [0.5, 0.6) is 0 Å². The predicted molar refractivity (Wildman–Crippen MR) is 87.1 cm³/mol. The smallest absolute Gasteiger partial charge is 0.433 e. The third kappa shape index (κ3) is 4.81. The van der Waals surface area contributed by atoms with Crippen molar-refractivity contribution in [3.05, 3.63) is 66.0 Å². The van der Waals surface area contributed by atoms with Crippen molar-refractivity contribution in [2.24, 2.45) is 10.9 Å². The van der Waals surface area contributed by atoms with Crippen LogP contribution in [0.25, 0.3) is 0 Å². The summed E-state index contributed by atoms with van der Waals surface area (Å²) in [7, 11) is 0. The van der Waals surface area contributed by atoms with Gasteiger partial charge in [-0.25, -0.2) is 4.79 Å². The molecule has 0 N–H and O–H groups in total. The van der Waals surface area contributed by atoms with E-state index >= 15 is 0 Å². The number of aliphatic imine (C=N–C) groups is 1. The Kier molecular flexibility index (Phi) is 5.83. The summed E-state index contributed by atoms with van der Waals surface area (Å²) in [5.41, 5.74) is 2.78. The zero-order valence-electron chi connectivity index (χ0n) is 12.9. The van der Waals surface area contributed by atoms with E-state index in [-0.39, 0.29) is 5.92 Å². The van der Waals surface area contributed by atoms with Crippen molar-refractivity contribution in [3.63, 3.8) is 0 Å². The number of carbonyl (C=O) groups excluding carboxylic acids is 1. The summed E-state index contributed by atoms with van der Waals surface area (Å²) in [6.45, 7) is 4.33. The Morgan fingerprint density at radius 1 is 1.14 bits per heavy atom. The molecule has 2 rings (SSSR count). The minimum absolute atomic E-state index is 0.148. The molecule has 0 aliphatic carbocycles. The summed E-state index contributed by atoms with van der Waals surface area (Å²) >= 11 is 0. The minimum atomic E-state index is -0.540. The van der Waals surface area contributed by atoms with E-state index in [1.807, 2.05) is 56.3 Å². The number of ether oxygens (including phenoxy) is 1. The Bertz CT molecular complexity index is 622. The van der Waals surface area contributed by atoms with Crippen molar-refractivity contribution < 1.29 is 9.53 Å². The molecular formula is C18H20N2O2. The van der Waals surface area contributed by atoms with Gasteiger partial charge in [-0.05, 0) is 29.2 Å². The van der Waals surface area contributed by atoms with Gasteiger partial charge in [-0.1, -0.05) is 44.2 Å². The van der Waals surface area contributed by atoms with Crippen LogP contribution >= 0.6 is 0 Å². The lowest BCUT2D eigenvalue weighted by molar-refractivity contribution is 0.158. The maximum absolute atomic E-state index is 11.9. The molecule has 0 aliphatic rings. The molecule has 4 heteroatoms. The van der Waals surface area contributed by atoms with Crippen LogP contribution in [0.2, 0.25) is 0 Å². The summed E-state index contributed by atoms with van der Waals surface area (Å²) in [5.74, 6) is 0.148. The van der Waals surface area contributed by atoms with E-state index in [1.54, 1.807) is 12.4 Å². The van der Waals surface area contributed by atoms with Gasteiger partial charge in [0, 0.05) is 18.8 Å². The van der Waals surface area contributed by atoms with E-state index in [4.69, 9.17) is 4.74 Å². The summed E-state index contributed by atoms with van der Waals surface area (Å²) in [5, 5.41) is 0. The van der Waals surface area contributed by atoms with Crippen molar-refractivity contribution in [1.29, 1.82) is 0 Å². The number of nitrogens with zero attached hydrogens (tertiary/aromatic N) is 2. The Morgan fingerprint density at radius 2 is 1.82 bits per heavy atom. The van der Waals surface area contributed by atoms with Gasteiger partial charge in [-0.2, -0.15) is 4.99 Å². The second kappa shape index (κ2) is 8.08. The number of hydrogen-bond acceptors (Lipinski definition) is 3. The molecule has 0 unspecified atom stereocenters. The lowest BCUT2D eigenvalue weighted by Crippen LogP contribution is -2.13. The average Bonchev–Trinajstić information content (AvgIpc) is 2.54. The van der Waals surface area contributed by atoms with E-state index in [2.05, 4.69) is 9.98 Å². The number of aromatic nitrogens is 1. The summed E-state index contributed by atoms with van der Waals surface area (Å²) < 4.78 is 5.20. The first-order valence-corrected chi connectivity index (χ1v) is 7.36. The molecule has 0 spiro atoms. The first-order valence-electron chi connectivity index (χ1n) is 7.36. The fraction of sp³-hybridized carbons (Fsp3) is 0.278. The van der Waals surface area contributed by atoms with Crippen molar-refractivity contribution in [2.45, 2.75) is 20.3 Å². The topological polar surface area (TPSA) is 51.5 Å². The van der Waals surface area contributed by atoms with Gasteiger partial charge in [0.15, 0.2) is 0 Å². The Balaban J connectivity index is 1.95. The van der Waals surface area contributed by atoms with Crippen LogP contribution in [0, 0.1) is 5.92 Å². The molecule has 0 aliphatic heterocycles. The lowest BCUT2D eigenvalue weighted by atomic mass is 10.0. The van der Waals surface area contributed by atoms with Gasteiger partial charge >= 0.3 is 6.09 Å². The highest BCUT2D eigenvalue weighted by Crippen LogP contribution is 2.10. The molecule has 1 amide bonds. The van der Waals surface area contributed by atoms with Crippen molar-refractivity contribution in [3.8, 4) is 0 Å². The quantitative estimate of drug-likeness (QED) is 0.786. The van der Waals surface area contributed by atoms with Crippen LogP contribution in [0.4, 0.5) is 4.79 Å². The van der Waals surface area contributed by atoms with E-state index in [0.717, 1.165) is 16.8 Å². The lowest BCUT2D eigenvalue weighted by Gasteiger charge is -2.10. The van der Waals surface area contributed by atoms with Crippen LogP contribution in [-0.4, -0.2) is 23.4 Å². The third-order valence-electron chi connectivity index (χ3n) is 3.19. The molecule has 0 atom stereocenters. The molecule has 114 valence electrons. The summed E-state index contributed by atoms with van der Waals surface area (Å²) in [4.78, 5) is 20.0. The number of hydrogen-bond donors (Lipinski definition) is 0. The summed E-state index contributed by atoms with van der Waals surface area (Å²) in [6.07, 6.45) is 3.57. The Morgan fingerprint density at radius 3 is 2.45 bits per heavy atom. The van der Waals surface area contributed by atoms with Crippen LogP contribution < -0.4 is 0 Å².